The summed E-state index contributed by atoms with van der Waals surface area (Å²) in [7, 11) is 1.23. The number of carbonyl (C=O) groups is 3. The van der Waals surface area contributed by atoms with E-state index in [1.165, 1.54) is 7.11 Å². The highest BCUT2D eigenvalue weighted by molar-refractivity contribution is 6.16. The molecule has 0 aliphatic carbocycles. The van der Waals surface area contributed by atoms with Crippen molar-refractivity contribution in [3.8, 4) is 0 Å². The van der Waals surface area contributed by atoms with Gasteiger partial charge in [-0.1, -0.05) is 42.5 Å². The van der Waals surface area contributed by atoms with Gasteiger partial charge in [0.1, 0.15) is 5.92 Å². The largest absolute Gasteiger partial charge is 0.465 e. The predicted octanol–water partition coefficient (Wildman–Crippen LogP) is 3.39. The van der Waals surface area contributed by atoms with Gasteiger partial charge >= 0.3 is 12.1 Å². The van der Waals surface area contributed by atoms with Crippen LogP contribution in [0.5, 0.6) is 0 Å². The first-order valence-corrected chi connectivity index (χ1v) is 7.78. The summed E-state index contributed by atoms with van der Waals surface area (Å²) in [5.41, 5.74) is 0.998. The van der Waals surface area contributed by atoms with Crippen LogP contribution in [0.15, 0.2) is 54.6 Å². The van der Waals surface area contributed by atoms with Gasteiger partial charge in [0, 0.05) is 5.56 Å². The first kappa shape index (κ1) is 18.2. The van der Waals surface area contributed by atoms with Gasteiger partial charge in [0.2, 0.25) is 0 Å². The number of methoxy groups -OCH3 is 1. The molecule has 0 heterocycles. The van der Waals surface area contributed by atoms with E-state index in [0.29, 0.717) is 5.56 Å². The van der Waals surface area contributed by atoms with Gasteiger partial charge in [0.15, 0.2) is 5.78 Å². The summed E-state index contributed by atoms with van der Waals surface area (Å²) in [5.74, 6) is -2.20. The third-order valence-corrected chi connectivity index (χ3v) is 3.53. The van der Waals surface area contributed by atoms with Gasteiger partial charge in [-0.3, -0.25) is 14.9 Å². The van der Waals surface area contributed by atoms with Crippen LogP contribution in [0, 0.1) is 0 Å². The van der Waals surface area contributed by atoms with E-state index < -0.39 is 23.8 Å². The quantitative estimate of drug-likeness (QED) is 0.495. The van der Waals surface area contributed by atoms with Crippen LogP contribution in [0.25, 0.3) is 0 Å². The van der Waals surface area contributed by atoms with Gasteiger partial charge < -0.3 is 9.47 Å². The second-order valence-electron chi connectivity index (χ2n) is 5.12. The summed E-state index contributed by atoms with van der Waals surface area (Å²) in [5, 5.41) is 2.48. The fourth-order valence-corrected chi connectivity index (χ4v) is 2.39. The average molecular weight is 341 g/mol. The van der Waals surface area contributed by atoms with E-state index >= 15 is 0 Å². The van der Waals surface area contributed by atoms with Crippen LogP contribution < -0.4 is 5.32 Å². The van der Waals surface area contributed by atoms with Crippen molar-refractivity contribution >= 4 is 23.5 Å². The number of hydrogen-bond donors (Lipinski definition) is 1. The van der Waals surface area contributed by atoms with Gasteiger partial charge in [0.25, 0.3) is 0 Å². The van der Waals surface area contributed by atoms with E-state index in [9.17, 15) is 14.4 Å². The Bertz CT molecular complexity index is 757. The number of para-hydroxylation sites is 1. The number of benzene rings is 2. The number of rotatable bonds is 6. The normalized spacial score (nSPS) is 11.3. The second-order valence-corrected chi connectivity index (χ2v) is 5.12. The molecule has 0 saturated heterocycles. The Hall–Kier alpha value is -3.15. The molecule has 0 fully saturated rings. The van der Waals surface area contributed by atoms with E-state index in [1.54, 1.807) is 61.5 Å². The highest BCUT2D eigenvalue weighted by Gasteiger charge is 2.32. The van der Waals surface area contributed by atoms with Crippen LogP contribution in [0.4, 0.5) is 10.5 Å². The Labute approximate surface area is 145 Å². The Kier molecular flexibility index (Phi) is 6.28. The molecule has 2 aromatic carbocycles. The summed E-state index contributed by atoms with van der Waals surface area (Å²) in [6.07, 6.45) is -0.701. The highest BCUT2D eigenvalue weighted by atomic mass is 16.5. The predicted molar refractivity (Wildman–Crippen MR) is 92.6 cm³/mol. The Morgan fingerprint density at radius 1 is 1.00 bits per heavy atom. The average Bonchev–Trinajstić information content (AvgIpc) is 2.63. The number of esters is 1. The Morgan fingerprint density at radius 2 is 1.64 bits per heavy atom. The third kappa shape index (κ3) is 4.44. The number of hydrogen-bond acceptors (Lipinski definition) is 5. The lowest BCUT2D eigenvalue weighted by atomic mass is 9.90. The van der Waals surface area contributed by atoms with Gasteiger partial charge in [-0.05, 0) is 24.6 Å². The molecule has 1 atom stereocenters. The van der Waals surface area contributed by atoms with Crippen molar-refractivity contribution in [2.45, 2.75) is 12.8 Å². The van der Waals surface area contributed by atoms with Crippen molar-refractivity contribution in [3.63, 3.8) is 0 Å². The van der Waals surface area contributed by atoms with Gasteiger partial charge in [0.05, 0.1) is 19.4 Å². The van der Waals surface area contributed by atoms with Crippen LogP contribution in [0.1, 0.15) is 28.8 Å². The molecule has 130 valence electrons. The van der Waals surface area contributed by atoms with E-state index in [1.807, 2.05) is 0 Å². The fourth-order valence-electron chi connectivity index (χ4n) is 2.39. The molecule has 1 unspecified atom stereocenters. The van der Waals surface area contributed by atoms with Crippen LogP contribution in [0.3, 0.4) is 0 Å². The van der Waals surface area contributed by atoms with Crippen molar-refractivity contribution in [1.29, 1.82) is 0 Å². The van der Waals surface area contributed by atoms with E-state index in [-0.39, 0.29) is 17.9 Å². The van der Waals surface area contributed by atoms with E-state index in [2.05, 4.69) is 10.1 Å². The molecule has 0 radical (unpaired) electrons. The second kappa shape index (κ2) is 8.63. The lowest BCUT2D eigenvalue weighted by Crippen LogP contribution is -2.25. The molecule has 0 aromatic heterocycles. The minimum absolute atomic E-state index is 0.164. The maximum absolute atomic E-state index is 13.1. The first-order chi connectivity index (χ1) is 12.1. The molecular formula is C19H19NO5. The number of amides is 1. The smallest absolute Gasteiger partial charge is 0.411 e. The molecular weight excluding hydrogens is 322 g/mol. The van der Waals surface area contributed by atoms with E-state index in [4.69, 9.17) is 4.74 Å². The number of ketones is 1. The van der Waals surface area contributed by atoms with Crippen molar-refractivity contribution in [2.24, 2.45) is 0 Å². The van der Waals surface area contributed by atoms with E-state index in [0.717, 1.165) is 0 Å². The van der Waals surface area contributed by atoms with Gasteiger partial charge in [-0.25, -0.2) is 4.79 Å². The zero-order chi connectivity index (χ0) is 18.2. The zero-order valence-corrected chi connectivity index (χ0v) is 14.0. The molecule has 0 bridgehead atoms. The molecule has 6 nitrogen and oxygen atoms in total. The summed E-state index contributed by atoms with van der Waals surface area (Å²) < 4.78 is 9.64. The molecule has 1 amide bonds. The zero-order valence-electron chi connectivity index (χ0n) is 14.0. The lowest BCUT2D eigenvalue weighted by Gasteiger charge is -2.17. The van der Waals surface area contributed by atoms with Crippen molar-refractivity contribution in [2.75, 3.05) is 19.0 Å². The maximum atomic E-state index is 13.1. The van der Waals surface area contributed by atoms with Crippen molar-refractivity contribution < 1.29 is 23.9 Å². The SMILES string of the molecule is CCOC(=O)C(C(=O)c1ccccc1NC(=O)OC)c1ccccc1. The van der Waals surface area contributed by atoms with Gasteiger partial charge in [-0.15, -0.1) is 0 Å². The number of Topliss-reactive ketones (excluding diaryl/α,β-unsaturated/α-hetero) is 1. The molecule has 1 N–H and O–H groups in total. The molecule has 25 heavy (non-hydrogen) atoms. The highest BCUT2D eigenvalue weighted by Crippen LogP contribution is 2.26. The monoisotopic (exact) mass is 341 g/mol. The Balaban J connectivity index is 2.44. The van der Waals surface area contributed by atoms with Gasteiger partial charge in [-0.2, -0.15) is 0 Å². The van der Waals surface area contributed by atoms with Crippen LogP contribution in [-0.4, -0.2) is 31.6 Å². The van der Waals surface area contributed by atoms with Crippen molar-refractivity contribution in [3.05, 3.63) is 65.7 Å². The molecule has 0 spiro atoms. The molecule has 0 aliphatic rings. The van der Waals surface area contributed by atoms with Crippen LogP contribution in [-0.2, 0) is 14.3 Å². The van der Waals surface area contributed by atoms with Crippen LogP contribution >= 0.6 is 0 Å². The number of ether oxygens (including phenoxy) is 2. The number of carbonyl (C=O) groups excluding carboxylic acids is 3. The standard InChI is InChI=1S/C19H19NO5/c1-3-25-18(22)16(13-9-5-4-6-10-13)17(21)14-11-7-8-12-15(14)20-19(23)24-2/h4-12,16H,3H2,1-2H3,(H,20,23). The molecule has 0 saturated carbocycles. The first-order valence-electron chi connectivity index (χ1n) is 7.78. The summed E-state index contributed by atoms with van der Waals surface area (Å²) in [6.45, 7) is 1.84. The molecule has 2 aromatic rings. The minimum atomic E-state index is -1.11. The third-order valence-electron chi connectivity index (χ3n) is 3.53. The van der Waals surface area contributed by atoms with Crippen molar-refractivity contribution in [1.82, 2.24) is 0 Å². The lowest BCUT2D eigenvalue weighted by molar-refractivity contribution is -0.143. The summed E-state index contributed by atoms with van der Waals surface area (Å²) in [6, 6.07) is 15.1. The van der Waals surface area contributed by atoms with Crippen LogP contribution in [0.2, 0.25) is 0 Å². The maximum Gasteiger partial charge on any atom is 0.411 e. The number of anilines is 1. The topological polar surface area (TPSA) is 81.7 Å². The number of nitrogens with one attached hydrogen (secondary N) is 1. The fraction of sp³-hybridized carbons (Fsp3) is 0.211. The molecule has 6 heteroatoms. The minimum Gasteiger partial charge on any atom is -0.465 e. The summed E-state index contributed by atoms with van der Waals surface area (Å²) >= 11 is 0. The molecule has 2 rings (SSSR count). The Morgan fingerprint density at radius 3 is 2.28 bits per heavy atom. The summed E-state index contributed by atoms with van der Waals surface area (Å²) in [4.78, 5) is 36.9. The molecule has 0 aliphatic heterocycles.